The van der Waals surface area contributed by atoms with Gasteiger partial charge in [-0.3, -0.25) is 0 Å². The summed E-state index contributed by atoms with van der Waals surface area (Å²) in [5.74, 6) is 0. The molecule has 0 unspecified atom stereocenters. The molecule has 1 aliphatic rings. The fourth-order valence-corrected chi connectivity index (χ4v) is 1.81. The SMILES string of the molecule is CN1CC[C@](CO)(CCO)C1. The number of hydrogen-bond donors (Lipinski definition) is 2. The zero-order valence-electron chi connectivity index (χ0n) is 7.08. The maximum absolute atomic E-state index is 9.13. The van der Waals surface area contributed by atoms with Crippen molar-refractivity contribution in [2.45, 2.75) is 12.8 Å². The molecule has 0 amide bonds. The second-order valence-corrected chi connectivity index (χ2v) is 3.62. The Morgan fingerprint density at radius 1 is 1.45 bits per heavy atom. The van der Waals surface area contributed by atoms with Gasteiger partial charge in [0.05, 0.1) is 6.61 Å². The van der Waals surface area contributed by atoms with E-state index in [0.29, 0.717) is 0 Å². The molecule has 1 heterocycles. The molecule has 0 saturated carbocycles. The summed E-state index contributed by atoms with van der Waals surface area (Å²) in [6.45, 7) is 2.36. The molecule has 1 rings (SSSR count). The third-order valence-corrected chi connectivity index (χ3v) is 2.61. The quantitative estimate of drug-likeness (QED) is 0.593. The fraction of sp³-hybridized carbons (Fsp3) is 1.00. The van der Waals surface area contributed by atoms with Crippen molar-refractivity contribution < 1.29 is 10.2 Å². The molecular formula is C8H17NO2. The van der Waals surface area contributed by atoms with Crippen molar-refractivity contribution in [2.24, 2.45) is 5.41 Å². The summed E-state index contributed by atoms with van der Waals surface area (Å²) in [4.78, 5) is 2.20. The van der Waals surface area contributed by atoms with Crippen LogP contribution in [0.3, 0.4) is 0 Å². The first-order valence-corrected chi connectivity index (χ1v) is 4.13. The summed E-state index contributed by atoms with van der Waals surface area (Å²) >= 11 is 0. The average Bonchev–Trinajstić information content (AvgIpc) is 2.34. The molecule has 0 aromatic carbocycles. The predicted octanol–water partition coefficient (Wildman–Crippen LogP) is -0.317. The average molecular weight is 159 g/mol. The van der Waals surface area contributed by atoms with E-state index in [1.807, 2.05) is 0 Å². The first-order valence-electron chi connectivity index (χ1n) is 4.13. The molecule has 1 saturated heterocycles. The summed E-state index contributed by atoms with van der Waals surface area (Å²) in [6.07, 6.45) is 1.74. The first-order chi connectivity index (χ1) is 5.22. The molecule has 2 N–H and O–H groups in total. The largest absolute Gasteiger partial charge is 0.396 e. The number of nitrogens with zero attached hydrogens (tertiary/aromatic N) is 1. The van der Waals surface area contributed by atoms with Gasteiger partial charge in [-0.05, 0) is 26.4 Å². The number of hydrogen-bond acceptors (Lipinski definition) is 3. The van der Waals surface area contributed by atoms with Crippen molar-refractivity contribution in [1.29, 1.82) is 0 Å². The van der Waals surface area contributed by atoms with Crippen molar-refractivity contribution >= 4 is 0 Å². The lowest BCUT2D eigenvalue weighted by Gasteiger charge is -2.25. The van der Waals surface area contributed by atoms with E-state index in [-0.39, 0.29) is 18.6 Å². The van der Waals surface area contributed by atoms with E-state index in [2.05, 4.69) is 11.9 Å². The molecule has 0 radical (unpaired) electrons. The third kappa shape index (κ3) is 1.92. The Kier molecular flexibility index (Phi) is 2.87. The van der Waals surface area contributed by atoms with Gasteiger partial charge in [-0.25, -0.2) is 0 Å². The molecule has 1 aliphatic heterocycles. The van der Waals surface area contributed by atoms with E-state index in [4.69, 9.17) is 10.2 Å². The van der Waals surface area contributed by atoms with Gasteiger partial charge in [0, 0.05) is 18.6 Å². The van der Waals surface area contributed by atoms with E-state index in [1.54, 1.807) is 0 Å². The van der Waals surface area contributed by atoms with Gasteiger partial charge in [-0.1, -0.05) is 0 Å². The van der Waals surface area contributed by atoms with Gasteiger partial charge in [-0.2, -0.15) is 0 Å². The number of likely N-dealkylation sites (tertiary alicyclic amines) is 1. The van der Waals surface area contributed by atoms with Gasteiger partial charge in [0.15, 0.2) is 0 Å². The topological polar surface area (TPSA) is 43.7 Å². The normalized spacial score (nSPS) is 33.0. The molecule has 0 aromatic heterocycles. The van der Waals surface area contributed by atoms with Gasteiger partial charge in [0.1, 0.15) is 0 Å². The second kappa shape index (κ2) is 3.52. The summed E-state index contributed by atoms with van der Waals surface area (Å²) in [7, 11) is 2.05. The van der Waals surface area contributed by atoms with Crippen LogP contribution in [0.1, 0.15) is 12.8 Å². The highest BCUT2D eigenvalue weighted by atomic mass is 16.3. The van der Waals surface area contributed by atoms with Gasteiger partial charge in [-0.15, -0.1) is 0 Å². The van der Waals surface area contributed by atoms with E-state index >= 15 is 0 Å². The second-order valence-electron chi connectivity index (χ2n) is 3.62. The van der Waals surface area contributed by atoms with Crippen LogP contribution in [0.2, 0.25) is 0 Å². The summed E-state index contributed by atoms with van der Waals surface area (Å²) in [6, 6.07) is 0. The lowest BCUT2D eigenvalue weighted by Crippen LogP contribution is -2.29. The van der Waals surface area contributed by atoms with Crippen molar-refractivity contribution in [1.82, 2.24) is 4.90 Å². The van der Waals surface area contributed by atoms with E-state index in [9.17, 15) is 0 Å². The van der Waals surface area contributed by atoms with Crippen molar-refractivity contribution in [3.63, 3.8) is 0 Å². The number of aliphatic hydroxyl groups excluding tert-OH is 2. The summed E-state index contributed by atoms with van der Waals surface area (Å²) < 4.78 is 0. The van der Waals surface area contributed by atoms with E-state index in [1.165, 1.54) is 0 Å². The van der Waals surface area contributed by atoms with Crippen LogP contribution in [-0.4, -0.2) is 48.5 Å². The Morgan fingerprint density at radius 3 is 2.55 bits per heavy atom. The standard InChI is InChI=1S/C8H17NO2/c1-9-4-2-8(6-9,7-11)3-5-10/h10-11H,2-7H2,1H3/t8-/m0/s1. The Morgan fingerprint density at radius 2 is 2.18 bits per heavy atom. The van der Waals surface area contributed by atoms with Crippen molar-refractivity contribution in [3.8, 4) is 0 Å². The minimum absolute atomic E-state index is 0.0104. The zero-order chi connectivity index (χ0) is 8.32. The van der Waals surface area contributed by atoms with Crippen LogP contribution in [0, 0.1) is 5.41 Å². The summed E-state index contributed by atoms with van der Waals surface area (Å²) in [5, 5.41) is 17.9. The van der Waals surface area contributed by atoms with Crippen LogP contribution in [0.4, 0.5) is 0 Å². The van der Waals surface area contributed by atoms with Crippen LogP contribution in [0.15, 0.2) is 0 Å². The summed E-state index contributed by atoms with van der Waals surface area (Å²) in [5.41, 5.74) is -0.0104. The number of aliphatic hydroxyl groups is 2. The molecule has 1 atom stereocenters. The molecule has 66 valence electrons. The molecule has 0 bridgehead atoms. The minimum atomic E-state index is -0.0104. The van der Waals surface area contributed by atoms with Crippen LogP contribution in [-0.2, 0) is 0 Å². The van der Waals surface area contributed by atoms with Crippen LogP contribution >= 0.6 is 0 Å². The molecule has 3 heteroatoms. The Balaban J connectivity index is 2.48. The van der Waals surface area contributed by atoms with Crippen LogP contribution < -0.4 is 0 Å². The third-order valence-electron chi connectivity index (χ3n) is 2.61. The van der Waals surface area contributed by atoms with Gasteiger partial charge < -0.3 is 15.1 Å². The highest BCUT2D eigenvalue weighted by Crippen LogP contribution is 2.32. The van der Waals surface area contributed by atoms with E-state index in [0.717, 1.165) is 25.9 Å². The van der Waals surface area contributed by atoms with Crippen molar-refractivity contribution in [3.05, 3.63) is 0 Å². The molecule has 3 nitrogen and oxygen atoms in total. The maximum Gasteiger partial charge on any atom is 0.0501 e. The Hall–Kier alpha value is -0.120. The highest BCUT2D eigenvalue weighted by Gasteiger charge is 2.35. The maximum atomic E-state index is 9.13. The molecular weight excluding hydrogens is 142 g/mol. The smallest absolute Gasteiger partial charge is 0.0501 e. The van der Waals surface area contributed by atoms with E-state index < -0.39 is 0 Å². The van der Waals surface area contributed by atoms with Crippen LogP contribution in [0.5, 0.6) is 0 Å². The molecule has 1 fully saturated rings. The molecule has 0 aliphatic carbocycles. The molecule has 0 spiro atoms. The van der Waals surface area contributed by atoms with Crippen molar-refractivity contribution in [2.75, 3.05) is 33.4 Å². The van der Waals surface area contributed by atoms with Crippen LogP contribution in [0.25, 0.3) is 0 Å². The van der Waals surface area contributed by atoms with Gasteiger partial charge >= 0.3 is 0 Å². The number of rotatable bonds is 3. The molecule has 0 aromatic rings. The zero-order valence-corrected chi connectivity index (χ0v) is 7.08. The Labute approximate surface area is 67.6 Å². The highest BCUT2D eigenvalue weighted by molar-refractivity contribution is 4.87. The minimum Gasteiger partial charge on any atom is -0.396 e. The Bertz CT molecular complexity index is 125. The fourth-order valence-electron chi connectivity index (χ4n) is 1.81. The van der Waals surface area contributed by atoms with Gasteiger partial charge in [0.2, 0.25) is 0 Å². The predicted molar refractivity (Wildman–Crippen MR) is 43.3 cm³/mol. The monoisotopic (exact) mass is 159 g/mol. The van der Waals surface area contributed by atoms with Gasteiger partial charge in [0.25, 0.3) is 0 Å². The lowest BCUT2D eigenvalue weighted by atomic mass is 9.85. The lowest BCUT2D eigenvalue weighted by molar-refractivity contribution is 0.0985. The first kappa shape index (κ1) is 8.97. The molecule has 11 heavy (non-hydrogen) atoms.